The lowest BCUT2D eigenvalue weighted by Crippen LogP contribution is -2.13. The second kappa shape index (κ2) is 10.3. The van der Waals surface area contributed by atoms with Gasteiger partial charge in [0.2, 0.25) is 0 Å². The summed E-state index contributed by atoms with van der Waals surface area (Å²) in [6.45, 7) is 9.21. The number of amides is 1. The van der Waals surface area contributed by atoms with E-state index < -0.39 is 0 Å². The molecular formula is C26H27Cl2NO3. The van der Waals surface area contributed by atoms with E-state index >= 15 is 0 Å². The van der Waals surface area contributed by atoms with Crippen molar-refractivity contribution in [2.45, 2.75) is 39.7 Å². The first kappa shape index (κ1) is 24.0. The number of carbonyl (C=O) groups is 1. The molecule has 1 amide bonds. The van der Waals surface area contributed by atoms with Crippen molar-refractivity contribution in [2.24, 2.45) is 0 Å². The summed E-state index contributed by atoms with van der Waals surface area (Å²) in [4.78, 5) is 12.8. The van der Waals surface area contributed by atoms with Crippen LogP contribution < -0.4 is 14.8 Å². The highest BCUT2D eigenvalue weighted by Crippen LogP contribution is 2.28. The largest absolute Gasteiger partial charge is 0.493 e. The lowest BCUT2D eigenvalue weighted by atomic mass is 9.87. The number of carbonyl (C=O) groups excluding carboxylic acids is 1. The molecule has 1 N–H and O–H groups in total. The lowest BCUT2D eigenvalue weighted by Gasteiger charge is -2.19. The maximum absolute atomic E-state index is 12.8. The van der Waals surface area contributed by atoms with Crippen molar-refractivity contribution >= 4 is 34.8 Å². The third-order valence-electron chi connectivity index (χ3n) is 4.91. The molecule has 32 heavy (non-hydrogen) atoms. The topological polar surface area (TPSA) is 47.6 Å². The normalized spacial score (nSPS) is 11.2. The Morgan fingerprint density at radius 3 is 2.31 bits per heavy atom. The highest BCUT2D eigenvalue weighted by atomic mass is 35.5. The predicted molar refractivity (Wildman–Crippen MR) is 132 cm³/mol. The van der Waals surface area contributed by atoms with Crippen molar-refractivity contribution < 1.29 is 14.3 Å². The Bertz CT molecular complexity index is 1090. The number of halogens is 2. The number of ether oxygens (including phenoxy) is 2. The molecule has 0 aliphatic heterocycles. The van der Waals surface area contributed by atoms with E-state index in [1.165, 1.54) is 5.56 Å². The molecule has 0 saturated heterocycles. The summed E-state index contributed by atoms with van der Waals surface area (Å²) in [6, 6.07) is 18.2. The third-order valence-corrected chi connectivity index (χ3v) is 5.48. The average molecular weight is 472 g/mol. The molecule has 0 saturated carbocycles. The standard InChI is InChI=1S/C26H27Cl2NO3/c1-5-31-24-13-6-17(25(30)29-23-15-20(27)9-12-22(23)28)14-18(24)16-32-21-10-7-19(8-11-21)26(2,3)4/h6-15H,5,16H2,1-4H3,(H,29,30). The number of nitrogens with one attached hydrogen (secondary N) is 1. The van der Waals surface area contributed by atoms with Crippen molar-refractivity contribution in [1.29, 1.82) is 0 Å². The van der Waals surface area contributed by atoms with Crippen LogP contribution in [0.4, 0.5) is 5.69 Å². The number of rotatable bonds is 7. The maximum atomic E-state index is 12.8. The minimum atomic E-state index is -0.298. The van der Waals surface area contributed by atoms with Crippen LogP contribution in [-0.2, 0) is 12.0 Å². The molecule has 0 radical (unpaired) electrons. The number of benzene rings is 3. The molecule has 0 spiro atoms. The van der Waals surface area contributed by atoms with Crippen LogP contribution in [0.3, 0.4) is 0 Å². The van der Waals surface area contributed by atoms with Gasteiger partial charge in [0, 0.05) is 16.1 Å². The van der Waals surface area contributed by atoms with E-state index in [1.807, 2.05) is 19.1 Å². The molecule has 0 aromatic heterocycles. The minimum Gasteiger partial charge on any atom is -0.493 e. The summed E-state index contributed by atoms with van der Waals surface area (Å²) in [5.41, 5.74) is 3.00. The van der Waals surface area contributed by atoms with Crippen molar-refractivity contribution in [1.82, 2.24) is 0 Å². The van der Waals surface area contributed by atoms with Crippen LogP contribution in [0, 0.1) is 0 Å². The molecule has 4 nitrogen and oxygen atoms in total. The number of anilines is 1. The monoisotopic (exact) mass is 471 g/mol. The van der Waals surface area contributed by atoms with Crippen molar-refractivity contribution in [2.75, 3.05) is 11.9 Å². The zero-order chi connectivity index (χ0) is 23.3. The fourth-order valence-electron chi connectivity index (χ4n) is 3.13. The van der Waals surface area contributed by atoms with Crippen LogP contribution in [0.2, 0.25) is 10.0 Å². The van der Waals surface area contributed by atoms with Gasteiger partial charge in [-0.2, -0.15) is 0 Å². The molecular weight excluding hydrogens is 445 g/mol. The van der Waals surface area contributed by atoms with Gasteiger partial charge in [-0.25, -0.2) is 0 Å². The Kier molecular flexibility index (Phi) is 7.70. The molecule has 0 fully saturated rings. The molecule has 3 rings (SSSR count). The Labute approximate surface area is 199 Å². The Hall–Kier alpha value is -2.69. The van der Waals surface area contributed by atoms with Crippen LogP contribution >= 0.6 is 23.2 Å². The smallest absolute Gasteiger partial charge is 0.255 e. The summed E-state index contributed by atoms with van der Waals surface area (Å²) >= 11 is 12.2. The predicted octanol–water partition coefficient (Wildman–Crippen LogP) is 7.52. The second-order valence-electron chi connectivity index (χ2n) is 8.40. The Morgan fingerprint density at radius 1 is 0.938 bits per heavy atom. The van der Waals surface area contributed by atoms with Gasteiger partial charge in [-0.15, -0.1) is 0 Å². The van der Waals surface area contributed by atoms with Gasteiger partial charge >= 0.3 is 0 Å². The van der Waals surface area contributed by atoms with Gasteiger partial charge in [-0.3, -0.25) is 4.79 Å². The quantitative estimate of drug-likeness (QED) is 0.387. The Morgan fingerprint density at radius 2 is 1.66 bits per heavy atom. The van der Waals surface area contributed by atoms with Crippen LogP contribution in [0.1, 0.15) is 49.2 Å². The number of hydrogen-bond donors (Lipinski definition) is 1. The third kappa shape index (κ3) is 6.18. The Balaban J connectivity index is 1.78. The molecule has 0 atom stereocenters. The van der Waals surface area contributed by atoms with Crippen molar-refractivity contribution in [3.63, 3.8) is 0 Å². The van der Waals surface area contributed by atoms with Crippen molar-refractivity contribution in [3.05, 3.63) is 87.4 Å². The molecule has 0 heterocycles. The van der Waals surface area contributed by atoms with Gasteiger partial charge in [0.05, 0.1) is 17.3 Å². The van der Waals surface area contributed by atoms with E-state index in [4.69, 9.17) is 32.7 Å². The minimum absolute atomic E-state index is 0.0776. The maximum Gasteiger partial charge on any atom is 0.255 e. The molecule has 0 bridgehead atoms. The molecule has 0 unspecified atom stereocenters. The summed E-state index contributed by atoms with van der Waals surface area (Å²) in [7, 11) is 0. The van der Waals surface area contributed by atoms with E-state index in [-0.39, 0.29) is 17.9 Å². The van der Waals surface area contributed by atoms with Gasteiger partial charge in [-0.05, 0) is 66.4 Å². The lowest BCUT2D eigenvalue weighted by molar-refractivity contribution is 0.102. The zero-order valence-electron chi connectivity index (χ0n) is 18.7. The molecule has 6 heteroatoms. The van der Waals surface area contributed by atoms with E-state index in [0.717, 1.165) is 11.3 Å². The highest BCUT2D eigenvalue weighted by molar-refractivity contribution is 6.35. The number of hydrogen-bond acceptors (Lipinski definition) is 3. The first-order valence-electron chi connectivity index (χ1n) is 10.4. The van der Waals surface area contributed by atoms with Gasteiger partial charge in [0.15, 0.2) is 0 Å². The fraction of sp³-hybridized carbons (Fsp3) is 0.269. The van der Waals surface area contributed by atoms with Crippen LogP contribution in [0.15, 0.2) is 60.7 Å². The first-order chi connectivity index (χ1) is 15.2. The summed E-state index contributed by atoms with van der Waals surface area (Å²) in [5.74, 6) is 1.13. The van der Waals surface area contributed by atoms with E-state index in [2.05, 4.69) is 38.2 Å². The summed E-state index contributed by atoms with van der Waals surface area (Å²) in [6.07, 6.45) is 0. The molecule has 168 valence electrons. The van der Waals surface area contributed by atoms with Gasteiger partial charge in [0.25, 0.3) is 5.91 Å². The summed E-state index contributed by atoms with van der Waals surface area (Å²) in [5, 5.41) is 3.70. The van der Waals surface area contributed by atoms with Crippen LogP contribution in [0.25, 0.3) is 0 Å². The molecule has 0 aliphatic carbocycles. The molecule has 3 aromatic rings. The van der Waals surface area contributed by atoms with E-state index in [9.17, 15) is 4.79 Å². The SMILES string of the molecule is CCOc1ccc(C(=O)Nc2cc(Cl)ccc2Cl)cc1COc1ccc(C(C)(C)C)cc1. The molecule has 0 aliphatic rings. The van der Waals surface area contributed by atoms with Crippen LogP contribution in [0.5, 0.6) is 11.5 Å². The fourth-order valence-corrected chi connectivity index (χ4v) is 3.47. The highest BCUT2D eigenvalue weighted by Gasteiger charge is 2.15. The van der Waals surface area contributed by atoms with Gasteiger partial charge in [-0.1, -0.05) is 56.1 Å². The second-order valence-corrected chi connectivity index (χ2v) is 9.24. The van der Waals surface area contributed by atoms with Gasteiger partial charge < -0.3 is 14.8 Å². The average Bonchev–Trinajstić information content (AvgIpc) is 2.75. The van der Waals surface area contributed by atoms with Gasteiger partial charge in [0.1, 0.15) is 18.1 Å². The van der Waals surface area contributed by atoms with E-state index in [1.54, 1.807) is 36.4 Å². The molecule has 3 aromatic carbocycles. The first-order valence-corrected chi connectivity index (χ1v) is 11.2. The summed E-state index contributed by atoms with van der Waals surface area (Å²) < 4.78 is 11.7. The van der Waals surface area contributed by atoms with Crippen molar-refractivity contribution in [3.8, 4) is 11.5 Å². The van der Waals surface area contributed by atoms with E-state index in [0.29, 0.717) is 33.7 Å². The van der Waals surface area contributed by atoms with Crippen LogP contribution in [-0.4, -0.2) is 12.5 Å². The zero-order valence-corrected chi connectivity index (χ0v) is 20.2.